The highest BCUT2D eigenvalue weighted by Crippen LogP contribution is 2.53. The quantitative estimate of drug-likeness (QED) is 0.663. The zero-order valence-corrected chi connectivity index (χ0v) is 16.3. The molecule has 6 atom stereocenters. The predicted molar refractivity (Wildman–Crippen MR) is 102 cm³/mol. The molecule has 2 fully saturated rings. The summed E-state index contributed by atoms with van der Waals surface area (Å²) in [4.78, 5) is 12.6. The zero-order chi connectivity index (χ0) is 18.3. The molecule has 140 valence electrons. The minimum atomic E-state index is -0.00246. The Morgan fingerprint density at radius 3 is 2.85 bits per heavy atom. The van der Waals surface area contributed by atoms with Gasteiger partial charge in [-0.1, -0.05) is 62.2 Å². The number of rotatable bonds is 4. The molecule has 1 aromatic carbocycles. The third-order valence-corrected chi connectivity index (χ3v) is 7.15. The van der Waals surface area contributed by atoms with Gasteiger partial charge in [-0.15, -0.1) is 0 Å². The Kier molecular flexibility index (Phi) is 4.68. The molecule has 3 aliphatic rings. The molecule has 2 aliphatic carbocycles. The molecule has 0 aromatic heterocycles. The molecule has 1 saturated heterocycles. The Balaban J connectivity index is 1.50. The van der Waals surface area contributed by atoms with E-state index in [-0.39, 0.29) is 29.3 Å². The molecule has 1 aromatic rings. The van der Waals surface area contributed by atoms with E-state index < -0.39 is 0 Å². The average Bonchev–Trinajstić information content (AvgIpc) is 2.92. The van der Waals surface area contributed by atoms with Crippen molar-refractivity contribution >= 4 is 5.97 Å². The molecule has 0 bridgehead atoms. The van der Waals surface area contributed by atoms with Crippen LogP contribution in [-0.2, 0) is 9.53 Å². The molecular weight excluding hydrogens is 322 g/mol. The fourth-order valence-electron chi connectivity index (χ4n) is 5.56. The van der Waals surface area contributed by atoms with Crippen molar-refractivity contribution in [2.24, 2.45) is 23.2 Å². The van der Waals surface area contributed by atoms with E-state index >= 15 is 0 Å². The van der Waals surface area contributed by atoms with Crippen molar-refractivity contribution in [3.8, 4) is 0 Å². The number of hydrogen-bond acceptors (Lipinski definition) is 2. The van der Waals surface area contributed by atoms with E-state index in [2.05, 4.69) is 56.4 Å². The number of quaternary nitrogens is 1. The molecule has 4 rings (SSSR count). The van der Waals surface area contributed by atoms with Crippen molar-refractivity contribution in [3.05, 3.63) is 47.5 Å². The van der Waals surface area contributed by atoms with Crippen molar-refractivity contribution in [1.29, 1.82) is 0 Å². The van der Waals surface area contributed by atoms with Crippen molar-refractivity contribution in [2.45, 2.75) is 58.6 Å². The van der Waals surface area contributed by atoms with Crippen molar-refractivity contribution in [1.82, 2.24) is 0 Å². The van der Waals surface area contributed by atoms with E-state index in [4.69, 9.17) is 4.74 Å². The van der Waals surface area contributed by atoms with Gasteiger partial charge in [-0.3, -0.25) is 4.79 Å². The fourth-order valence-corrected chi connectivity index (χ4v) is 5.56. The standard InChI is InChI=1S/C23H31NO2/c1-15-8-7-11-23(3)13-21-18(12-20(15)23)19(22(25)26-21)14-24-16(2)17-9-5-4-6-10-17/h4-6,9-10,12,15-16,18-19,21,24H,7-8,11,13-14H2,1-3H3/p+1/t15-,16-,18+,19+,21+,23+/m0/s1. The number of ether oxygens (including phenoxy) is 1. The van der Waals surface area contributed by atoms with Crippen molar-refractivity contribution < 1.29 is 14.8 Å². The van der Waals surface area contributed by atoms with E-state index in [0.717, 1.165) is 13.0 Å². The van der Waals surface area contributed by atoms with Crippen LogP contribution in [0.2, 0.25) is 0 Å². The number of benzene rings is 1. The molecule has 2 N–H and O–H groups in total. The molecule has 26 heavy (non-hydrogen) atoms. The fraction of sp³-hybridized carbons (Fsp3) is 0.609. The Hall–Kier alpha value is -1.61. The van der Waals surface area contributed by atoms with Gasteiger partial charge in [0.05, 0.1) is 6.54 Å². The number of nitrogens with two attached hydrogens (primary N) is 1. The van der Waals surface area contributed by atoms with Gasteiger partial charge in [-0.25, -0.2) is 0 Å². The minimum absolute atomic E-state index is 0.00246. The summed E-state index contributed by atoms with van der Waals surface area (Å²) in [6.07, 6.45) is 7.39. The second kappa shape index (κ2) is 6.84. The van der Waals surface area contributed by atoms with Gasteiger partial charge in [0.15, 0.2) is 0 Å². The maximum Gasteiger partial charge on any atom is 0.315 e. The van der Waals surface area contributed by atoms with Crippen LogP contribution in [0.4, 0.5) is 0 Å². The van der Waals surface area contributed by atoms with Gasteiger partial charge in [0, 0.05) is 11.5 Å². The highest BCUT2D eigenvalue weighted by Gasteiger charge is 2.52. The maximum atomic E-state index is 12.6. The first-order chi connectivity index (χ1) is 12.5. The number of esters is 1. The smallest absolute Gasteiger partial charge is 0.315 e. The van der Waals surface area contributed by atoms with Gasteiger partial charge in [0.2, 0.25) is 0 Å². The minimum Gasteiger partial charge on any atom is -0.461 e. The maximum absolute atomic E-state index is 12.6. The van der Waals surface area contributed by atoms with E-state index in [0.29, 0.717) is 12.0 Å². The molecule has 1 saturated carbocycles. The molecule has 0 unspecified atom stereocenters. The van der Waals surface area contributed by atoms with Crippen LogP contribution >= 0.6 is 0 Å². The van der Waals surface area contributed by atoms with Gasteiger partial charge in [0.1, 0.15) is 18.1 Å². The molecule has 0 amide bonds. The summed E-state index contributed by atoms with van der Waals surface area (Å²) in [6, 6.07) is 10.9. The van der Waals surface area contributed by atoms with Crippen LogP contribution in [-0.4, -0.2) is 18.6 Å². The summed E-state index contributed by atoms with van der Waals surface area (Å²) in [7, 11) is 0. The van der Waals surface area contributed by atoms with Crippen LogP contribution in [0.3, 0.4) is 0 Å². The molecule has 0 radical (unpaired) electrons. The Morgan fingerprint density at radius 2 is 2.08 bits per heavy atom. The molecule has 0 spiro atoms. The Morgan fingerprint density at radius 1 is 1.31 bits per heavy atom. The summed E-state index contributed by atoms with van der Waals surface area (Å²) < 4.78 is 5.86. The first-order valence-electron chi connectivity index (χ1n) is 10.3. The predicted octanol–water partition coefficient (Wildman–Crippen LogP) is 3.63. The topological polar surface area (TPSA) is 42.9 Å². The van der Waals surface area contributed by atoms with Gasteiger partial charge < -0.3 is 10.1 Å². The van der Waals surface area contributed by atoms with E-state index in [1.54, 1.807) is 5.57 Å². The van der Waals surface area contributed by atoms with Crippen LogP contribution in [0, 0.1) is 23.2 Å². The van der Waals surface area contributed by atoms with Crippen molar-refractivity contribution in [3.63, 3.8) is 0 Å². The normalized spacial score (nSPS) is 37.3. The summed E-state index contributed by atoms with van der Waals surface area (Å²) in [6.45, 7) is 7.77. The number of carbonyl (C=O) groups is 1. The lowest BCUT2D eigenvalue weighted by molar-refractivity contribution is -0.696. The van der Waals surface area contributed by atoms with E-state index in [9.17, 15) is 4.79 Å². The second-order valence-electron chi connectivity index (χ2n) is 9.01. The van der Waals surface area contributed by atoms with E-state index in [1.807, 2.05) is 6.07 Å². The highest BCUT2D eigenvalue weighted by atomic mass is 16.6. The lowest BCUT2D eigenvalue weighted by Crippen LogP contribution is -2.86. The average molecular weight is 355 g/mol. The summed E-state index contributed by atoms with van der Waals surface area (Å²) in [5.74, 6) is 0.934. The lowest BCUT2D eigenvalue weighted by Gasteiger charge is -2.45. The number of carbonyl (C=O) groups excluding carboxylic acids is 1. The Bertz CT molecular complexity index is 697. The summed E-state index contributed by atoms with van der Waals surface area (Å²) in [5, 5.41) is 2.31. The lowest BCUT2D eigenvalue weighted by atomic mass is 9.59. The van der Waals surface area contributed by atoms with Crippen LogP contribution in [0.1, 0.15) is 58.1 Å². The SMILES string of the molecule is C[C@H]([NH2+]C[C@H]1C(=O)O[C@@H]2C[C@@]3(C)CCC[C@H](C)C3=C[C@@H]21)c1ccccc1. The van der Waals surface area contributed by atoms with Crippen LogP contribution in [0.15, 0.2) is 42.0 Å². The third-order valence-electron chi connectivity index (χ3n) is 7.15. The second-order valence-corrected chi connectivity index (χ2v) is 9.01. The van der Waals surface area contributed by atoms with Gasteiger partial charge in [0.25, 0.3) is 0 Å². The zero-order valence-electron chi connectivity index (χ0n) is 16.3. The molecule has 1 heterocycles. The summed E-state index contributed by atoms with van der Waals surface area (Å²) >= 11 is 0. The Labute approximate surface area is 157 Å². The first-order valence-corrected chi connectivity index (χ1v) is 10.3. The first kappa shape index (κ1) is 17.8. The molecular formula is C23H32NO2+. The van der Waals surface area contributed by atoms with Crippen LogP contribution in [0.5, 0.6) is 0 Å². The monoisotopic (exact) mass is 354 g/mol. The highest BCUT2D eigenvalue weighted by molar-refractivity contribution is 5.76. The number of hydrogen-bond donors (Lipinski definition) is 1. The van der Waals surface area contributed by atoms with Gasteiger partial charge >= 0.3 is 5.97 Å². The summed E-state index contributed by atoms with van der Waals surface area (Å²) in [5.41, 5.74) is 3.16. The van der Waals surface area contributed by atoms with Gasteiger partial charge in [-0.2, -0.15) is 0 Å². The largest absolute Gasteiger partial charge is 0.461 e. The van der Waals surface area contributed by atoms with Crippen LogP contribution < -0.4 is 5.32 Å². The molecule has 3 heteroatoms. The number of allylic oxidation sites excluding steroid dienone is 1. The molecule has 3 nitrogen and oxygen atoms in total. The molecule has 1 aliphatic heterocycles. The third kappa shape index (κ3) is 3.11. The van der Waals surface area contributed by atoms with Crippen molar-refractivity contribution in [2.75, 3.05) is 6.54 Å². The van der Waals surface area contributed by atoms with E-state index in [1.165, 1.54) is 24.8 Å². The van der Waals surface area contributed by atoms with Crippen LogP contribution in [0.25, 0.3) is 0 Å². The number of fused-ring (bicyclic) bond motifs is 2. The van der Waals surface area contributed by atoms with Gasteiger partial charge in [-0.05, 0) is 37.5 Å².